The van der Waals surface area contributed by atoms with Gasteiger partial charge in [-0.15, -0.1) is 0 Å². The van der Waals surface area contributed by atoms with E-state index in [0.29, 0.717) is 23.7 Å². The zero-order chi connectivity index (χ0) is 15.4. The first-order valence-corrected chi connectivity index (χ1v) is 8.35. The fourth-order valence-electron chi connectivity index (χ4n) is 3.12. The van der Waals surface area contributed by atoms with Gasteiger partial charge >= 0.3 is 0 Å². The van der Waals surface area contributed by atoms with Crippen LogP contribution in [0.3, 0.4) is 0 Å². The van der Waals surface area contributed by atoms with Gasteiger partial charge in [0.05, 0.1) is 0 Å². The third-order valence-electron chi connectivity index (χ3n) is 4.24. The molecule has 4 nitrogen and oxygen atoms in total. The van der Waals surface area contributed by atoms with Gasteiger partial charge in [-0.1, -0.05) is 26.7 Å². The van der Waals surface area contributed by atoms with Crippen LogP contribution in [0.15, 0.2) is 12.3 Å². The quantitative estimate of drug-likeness (QED) is 0.844. The van der Waals surface area contributed by atoms with E-state index in [-0.39, 0.29) is 5.91 Å². The van der Waals surface area contributed by atoms with Gasteiger partial charge in [-0.2, -0.15) is 5.10 Å². The fourth-order valence-corrected chi connectivity index (χ4v) is 3.12. The number of hydrogen-bond acceptors (Lipinski definition) is 2. The summed E-state index contributed by atoms with van der Waals surface area (Å²) < 4.78 is 1.86. The number of hydrogen-bond donors (Lipinski definition) is 0. The second-order valence-corrected chi connectivity index (χ2v) is 6.91. The molecule has 0 aliphatic carbocycles. The highest BCUT2D eigenvalue weighted by Crippen LogP contribution is 2.24. The SMILES string of the molecule is CC(C)C[C@@H]1CCCCCN1C(=O)c1ccn(C(C)C)n1. The molecule has 1 aromatic rings. The number of nitrogens with zero attached hydrogens (tertiary/aromatic N) is 3. The van der Waals surface area contributed by atoms with E-state index in [1.807, 2.05) is 16.9 Å². The van der Waals surface area contributed by atoms with Gasteiger partial charge in [0, 0.05) is 24.8 Å². The van der Waals surface area contributed by atoms with Crippen molar-refractivity contribution in [2.75, 3.05) is 6.54 Å². The van der Waals surface area contributed by atoms with Crippen LogP contribution >= 0.6 is 0 Å². The molecule has 0 spiro atoms. The topological polar surface area (TPSA) is 38.1 Å². The van der Waals surface area contributed by atoms with E-state index >= 15 is 0 Å². The lowest BCUT2D eigenvalue weighted by Gasteiger charge is -2.30. The van der Waals surface area contributed by atoms with Crippen molar-refractivity contribution in [3.8, 4) is 0 Å². The Hall–Kier alpha value is -1.32. The van der Waals surface area contributed by atoms with E-state index in [9.17, 15) is 4.79 Å². The monoisotopic (exact) mass is 291 g/mol. The van der Waals surface area contributed by atoms with E-state index < -0.39 is 0 Å². The van der Waals surface area contributed by atoms with Gasteiger partial charge in [-0.25, -0.2) is 0 Å². The van der Waals surface area contributed by atoms with Gasteiger partial charge in [0.15, 0.2) is 0 Å². The largest absolute Gasteiger partial charge is 0.334 e. The van der Waals surface area contributed by atoms with E-state index in [2.05, 4.69) is 37.7 Å². The van der Waals surface area contributed by atoms with E-state index in [4.69, 9.17) is 0 Å². The van der Waals surface area contributed by atoms with Crippen molar-refractivity contribution >= 4 is 5.91 Å². The van der Waals surface area contributed by atoms with Crippen LogP contribution in [0.2, 0.25) is 0 Å². The van der Waals surface area contributed by atoms with Crippen molar-refractivity contribution in [1.29, 1.82) is 0 Å². The first kappa shape index (κ1) is 16.1. The molecule has 118 valence electrons. The minimum atomic E-state index is 0.113. The molecule has 4 heteroatoms. The van der Waals surface area contributed by atoms with Crippen LogP contribution in [0.1, 0.15) is 76.3 Å². The van der Waals surface area contributed by atoms with E-state index in [0.717, 1.165) is 25.8 Å². The lowest BCUT2D eigenvalue weighted by atomic mass is 9.98. The molecule has 0 saturated carbocycles. The number of rotatable bonds is 4. The van der Waals surface area contributed by atoms with Crippen molar-refractivity contribution in [2.24, 2.45) is 5.92 Å². The molecule has 1 amide bonds. The molecule has 1 saturated heterocycles. The van der Waals surface area contributed by atoms with Crippen molar-refractivity contribution in [3.05, 3.63) is 18.0 Å². The van der Waals surface area contributed by atoms with Gasteiger partial charge in [0.2, 0.25) is 0 Å². The minimum Gasteiger partial charge on any atom is -0.334 e. The average Bonchev–Trinajstić information content (AvgIpc) is 2.80. The molecular weight excluding hydrogens is 262 g/mol. The molecule has 21 heavy (non-hydrogen) atoms. The predicted octanol–water partition coefficient (Wildman–Crippen LogP) is 3.89. The Balaban J connectivity index is 2.15. The highest BCUT2D eigenvalue weighted by Gasteiger charge is 2.28. The summed E-state index contributed by atoms with van der Waals surface area (Å²) in [5.74, 6) is 0.735. The number of likely N-dealkylation sites (tertiary alicyclic amines) is 1. The molecular formula is C17H29N3O. The van der Waals surface area contributed by atoms with Crippen molar-refractivity contribution in [2.45, 2.75) is 71.9 Å². The maximum Gasteiger partial charge on any atom is 0.274 e. The van der Waals surface area contributed by atoms with Crippen LogP contribution in [0.5, 0.6) is 0 Å². The first-order valence-electron chi connectivity index (χ1n) is 8.35. The third kappa shape index (κ3) is 4.08. The highest BCUT2D eigenvalue weighted by atomic mass is 16.2. The molecule has 1 aliphatic heterocycles. The average molecular weight is 291 g/mol. The maximum absolute atomic E-state index is 12.8. The number of carbonyl (C=O) groups excluding carboxylic acids is 1. The summed E-state index contributed by atoms with van der Waals surface area (Å²) in [4.78, 5) is 14.9. The number of amides is 1. The molecule has 0 unspecified atom stereocenters. The molecule has 0 radical (unpaired) electrons. The molecule has 2 heterocycles. The smallest absolute Gasteiger partial charge is 0.274 e. The van der Waals surface area contributed by atoms with Crippen LogP contribution in [-0.4, -0.2) is 33.2 Å². The van der Waals surface area contributed by atoms with E-state index in [1.165, 1.54) is 12.8 Å². The maximum atomic E-state index is 12.8. The summed E-state index contributed by atoms with van der Waals surface area (Å²) >= 11 is 0. The Bertz CT molecular complexity index is 464. The lowest BCUT2D eigenvalue weighted by molar-refractivity contribution is 0.0654. The Labute approximate surface area is 128 Å². The molecule has 2 rings (SSSR count). The molecule has 0 N–H and O–H groups in total. The molecule has 0 bridgehead atoms. The Morgan fingerprint density at radius 3 is 2.67 bits per heavy atom. The normalized spacial score (nSPS) is 20.1. The standard InChI is InChI=1S/C17H29N3O/c1-13(2)12-15-8-6-5-7-10-19(15)17(21)16-9-11-20(18-16)14(3)4/h9,11,13-15H,5-8,10,12H2,1-4H3/t15-/m0/s1. The van der Waals surface area contributed by atoms with Crippen molar-refractivity contribution in [1.82, 2.24) is 14.7 Å². The Morgan fingerprint density at radius 1 is 1.29 bits per heavy atom. The Morgan fingerprint density at radius 2 is 2.05 bits per heavy atom. The number of carbonyl (C=O) groups is 1. The van der Waals surface area contributed by atoms with E-state index in [1.54, 1.807) is 0 Å². The van der Waals surface area contributed by atoms with Crippen LogP contribution in [0, 0.1) is 5.92 Å². The Kier molecular flexibility index (Phi) is 5.43. The number of aromatic nitrogens is 2. The molecule has 1 atom stereocenters. The molecule has 0 aromatic carbocycles. The van der Waals surface area contributed by atoms with Crippen LogP contribution in [0.4, 0.5) is 0 Å². The van der Waals surface area contributed by atoms with Crippen LogP contribution in [0.25, 0.3) is 0 Å². The predicted molar refractivity (Wildman–Crippen MR) is 85.4 cm³/mol. The summed E-state index contributed by atoms with van der Waals surface area (Å²) in [6, 6.07) is 2.53. The second-order valence-electron chi connectivity index (χ2n) is 6.91. The van der Waals surface area contributed by atoms with Gasteiger partial charge in [0.25, 0.3) is 5.91 Å². The fraction of sp³-hybridized carbons (Fsp3) is 0.765. The molecule has 1 aliphatic rings. The zero-order valence-corrected chi connectivity index (χ0v) is 13.9. The third-order valence-corrected chi connectivity index (χ3v) is 4.24. The van der Waals surface area contributed by atoms with Crippen LogP contribution in [-0.2, 0) is 0 Å². The van der Waals surface area contributed by atoms with Gasteiger partial charge < -0.3 is 4.90 Å². The summed E-state index contributed by atoms with van der Waals surface area (Å²) in [6.45, 7) is 9.51. The van der Waals surface area contributed by atoms with Gasteiger partial charge in [-0.3, -0.25) is 9.48 Å². The highest BCUT2D eigenvalue weighted by molar-refractivity contribution is 5.92. The second kappa shape index (κ2) is 7.10. The minimum absolute atomic E-state index is 0.113. The summed E-state index contributed by atoms with van der Waals surface area (Å²) in [7, 11) is 0. The summed E-state index contributed by atoms with van der Waals surface area (Å²) in [5, 5.41) is 4.45. The van der Waals surface area contributed by atoms with Crippen molar-refractivity contribution in [3.63, 3.8) is 0 Å². The zero-order valence-electron chi connectivity index (χ0n) is 13.9. The van der Waals surface area contributed by atoms with Crippen LogP contribution < -0.4 is 0 Å². The molecule has 1 aromatic heterocycles. The molecule has 1 fully saturated rings. The van der Waals surface area contributed by atoms with Gasteiger partial charge in [0.1, 0.15) is 5.69 Å². The lowest BCUT2D eigenvalue weighted by Crippen LogP contribution is -2.41. The summed E-state index contributed by atoms with van der Waals surface area (Å²) in [6.07, 6.45) is 7.73. The first-order chi connectivity index (χ1) is 9.99. The van der Waals surface area contributed by atoms with Crippen molar-refractivity contribution < 1.29 is 4.79 Å². The summed E-state index contributed by atoms with van der Waals surface area (Å²) in [5.41, 5.74) is 0.597. The van der Waals surface area contributed by atoms with Gasteiger partial charge in [-0.05, 0) is 45.1 Å².